The maximum absolute atomic E-state index is 4.65. The number of rotatable bonds is 6. The molecule has 24 heavy (non-hydrogen) atoms. The summed E-state index contributed by atoms with van der Waals surface area (Å²) in [5.41, 5.74) is 2.78. The van der Waals surface area contributed by atoms with E-state index in [0.29, 0.717) is 0 Å². The normalized spacial score (nSPS) is 14.8. The highest BCUT2D eigenvalue weighted by Gasteiger charge is 2.16. The van der Waals surface area contributed by atoms with Crippen LogP contribution in [0.2, 0.25) is 0 Å². The van der Waals surface area contributed by atoms with Gasteiger partial charge in [0.05, 0.1) is 6.54 Å². The summed E-state index contributed by atoms with van der Waals surface area (Å²) in [5.74, 6) is 0.909. The summed E-state index contributed by atoms with van der Waals surface area (Å²) >= 11 is 3.62. The van der Waals surface area contributed by atoms with Gasteiger partial charge in [-0.1, -0.05) is 0 Å². The molecule has 0 amide bonds. The van der Waals surface area contributed by atoms with E-state index in [9.17, 15) is 0 Å². The predicted octanol–water partition coefficient (Wildman–Crippen LogP) is 3.54. The van der Waals surface area contributed by atoms with Gasteiger partial charge in [-0.15, -0.1) is 35.3 Å². The van der Waals surface area contributed by atoms with Crippen LogP contribution in [-0.4, -0.2) is 37.0 Å². The van der Waals surface area contributed by atoms with Crippen LogP contribution < -0.4 is 10.6 Å². The predicted molar refractivity (Wildman–Crippen MR) is 116 cm³/mol. The molecule has 0 fully saturated rings. The van der Waals surface area contributed by atoms with Crippen LogP contribution in [0.25, 0.3) is 0 Å². The van der Waals surface area contributed by atoms with E-state index in [-0.39, 0.29) is 24.0 Å². The minimum absolute atomic E-state index is 0. The van der Waals surface area contributed by atoms with Crippen molar-refractivity contribution < 1.29 is 0 Å². The minimum atomic E-state index is 0. The van der Waals surface area contributed by atoms with Crippen molar-refractivity contribution in [1.82, 2.24) is 15.5 Å². The molecule has 0 spiro atoms. The van der Waals surface area contributed by atoms with Crippen LogP contribution in [0.3, 0.4) is 0 Å². The Morgan fingerprint density at radius 1 is 1.29 bits per heavy atom. The van der Waals surface area contributed by atoms with Gasteiger partial charge in [0.25, 0.3) is 0 Å². The van der Waals surface area contributed by atoms with Gasteiger partial charge in [0.15, 0.2) is 5.96 Å². The van der Waals surface area contributed by atoms with Gasteiger partial charge in [-0.2, -0.15) is 11.3 Å². The Bertz CT molecular complexity index is 624. The molecule has 0 aromatic carbocycles. The van der Waals surface area contributed by atoms with E-state index in [1.165, 1.54) is 17.5 Å². The van der Waals surface area contributed by atoms with Gasteiger partial charge in [0.1, 0.15) is 0 Å². The molecular formula is C17H25IN4S2. The molecule has 0 atom stereocenters. The van der Waals surface area contributed by atoms with Crippen molar-refractivity contribution in [3.63, 3.8) is 0 Å². The molecule has 1 aliphatic heterocycles. The minimum Gasteiger partial charge on any atom is -0.357 e. The van der Waals surface area contributed by atoms with Crippen molar-refractivity contribution in [2.24, 2.45) is 4.99 Å². The highest BCUT2D eigenvalue weighted by Crippen LogP contribution is 2.23. The number of hydrogen-bond acceptors (Lipinski definition) is 4. The molecule has 0 saturated heterocycles. The monoisotopic (exact) mass is 476 g/mol. The molecule has 2 N–H and O–H groups in total. The summed E-state index contributed by atoms with van der Waals surface area (Å²) in [6.45, 7) is 7.96. The third-order valence-corrected chi connectivity index (χ3v) is 5.71. The summed E-state index contributed by atoms with van der Waals surface area (Å²) in [6.07, 6.45) is 1.19. The third kappa shape index (κ3) is 5.72. The van der Waals surface area contributed by atoms with Gasteiger partial charge in [-0.25, -0.2) is 4.99 Å². The fourth-order valence-electron chi connectivity index (χ4n) is 2.72. The lowest BCUT2D eigenvalue weighted by Gasteiger charge is -2.27. The Labute approximate surface area is 169 Å². The molecule has 2 aromatic heterocycles. The summed E-state index contributed by atoms with van der Waals surface area (Å²) in [4.78, 5) is 8.74. The van der Waals surface area contributed by atoms with E-state index in [4.69, 9.17) is 0 Å². The zero-order valence-corrected chi connectivity index (χ0v) is 17.9. The van der Waals surface area contributed by atoms with E-state index in [1.807, 2.05) is 11.3 Å². The first-order valence-corrected chi connectivity index (χ1v) is 9.98. The van der Waals surface area contributed by atoms with E-state index in [0.717, 1.165) is 45.2 Å². The third-order valence-electron chi connectivity index (χ3n) is 3.95. The molecular weight excluding hydrogens is 451 g/mol. The standard InChI is InChI=1S/C17H24N4S2.HI/c1-2-18-17(20-11-14-4-9-22-13-14)19-6-8-21-7-3-16-15(12-21)5-10-23-16;/h4-5,9-10,13H,2-3,6-8,11-12H2,1H3,(H2,18,19,20);1H. The summed E-state index contributed by atoms with van der Waals surface area (Å²) in [5, 5.41) is 13.2. The smallest absolute Gasteiger partial charge is 0.191 e. The van der Waals surface area contributed by atoms with Gasteiger partial charge in [0.2, 0.25) is 0 Å². The second kappa shape index (κ2) is 10.4. The van der Waals surface area contributed by atoms with Crippen LogP contribution in [0.1, 0.15) is 22.9 Å². The van der Waals surface area contributed by atoms with Crippen LogP contribution >= 0.6 is 46.7 Å². The Hall–Kier alpha value is -0.640. The number of aliphatic imine (C=N–C) groups is 1. The fourth-order valence-corrected chi connectivity index (χ4v) is 4.27. The first kappa shape index (κ1) is 19.7. The molecule has 3 heterocycles. The van der Waals surface area contributed by atoms with Crippen molar-refractivity contribution in [3.8, 4) is 0 Å². The molecule has 1 aliphatic rings. The van der Waals surface area contributed by atoms with Crippen molar-refractivity contribution in [2.45, 2.75) is 26.4 Å². The Balaban J connectivity index is 0.00000208. The largest absolute Gasteiger partial charge is 0.357 e. The number of hydrogen-bond donors (Lipinski definition) is 2. The number of halogens is 1. The molecule has 2 aromatic rings. The van der Waals surface area contributed by atoms with Crippen molar-refractivity contribution in [2.75, 3.05) is 26.2 Å². The van der Waals surface area contributed by atoms with Crippen LogP contribution in [-0.2, 0) is 19.5 Å². The van der Waals surface area contributed by atoms with Gasteiger partial charge in [0, 0.05) is 37.6 Å². The van der Waals surface area contributed by atoms with Crippen molar-refractivity contribution in [1.29, 1.82) is 0 Å². The highest BCUT2D eigenvalue weighted by atomic mass is 127. The molecule has 3 rings (SSSR count). The summed E-state index contributed by atoms with van der Waals surface area (Å²) < 4.78 is 0. The summed E-state index contributed by atoms with van der Waals surface area (Å²) in [7, 11) is 0. The highest BCUT2D eigenvalue weighted by molar-refractivity contribution is 14.0. The first-order valence-electron chi connectivity index (χ1n) is 8.16. The number of nitrogens with zero attached hydrogens (tertiary/aromatic N) is 2. The first-order chi connectivity index (χ1) is 11.3. The van der Waals surface area contributed by atoms with Gasteiger partial charge in [-0.3, -0.25) is 4.90 Å². The average molecular weight is 476 g/mol. The quantitative estimate of drug-likeness (QED) is 0.381. The van der Waals surface area contributed by atoms with Gasteiger partial charge in [-0.05, 0) is 52.7 Å². The van der Waals surface area contributed by atoms with Crippen LogP contribution in [0, 0.1) is 0 Å². The number of fused-ring (bicyclic) bond motifs is 1. The Morgan fingerprint density at radius 3 is 3.00 bits per heavy atom. The lowest BCUT2D eigenvalue weighted by atomic mass is 10.1. The molecule has 0 radical (unpaired) electrons. The lowest BCUT2D eigenvalue weighted by molar-refractivity contribution is 0.260. The lowest BCUT2D eigenvalue weighted by Crippen LogP contribution is -2.42. The summed E-state index contributed by atoms with van der Waals surface area (Å²) in [6, 6.07) is 4.40. The van der Waals surface area contributed by atoms with E-state index in [1.54, 1.807) is 16.2 Å². The zero-order chi connectivity index (χ0) is 15.9. The Morgan fingerprint density at radius 2 is 2.21 bits per heavy atom. The van der Waals surface area contributed by atoms with Crippen LogP contribution in [0.15, 0.2) is 33.3 Å². The SMILES string of the molecule is CCNC(=NCc1ccsc1)NCCN1CCc2sccc2C1.I. The van der Waals surface area contributed by atoms with E-state index in [2.05, 4.69) is 55.7 Å². The van der Waals surface area contributed by atoms with Crippen molar-refractivity contribution in [3.05, 3.63) is 44.3 Å². The second-order valence-electron chi connectivity index (χ2n) is 5.65. The fraction of sp³-hybridized carbons (Fsp3) is 0.471. The molecule has 132 valence electrons. The molecule has 0 saturated carbocycles. The van der Waals surface area contributed by atoms with Crippen LogP contribution in [0.4, 0.5) is 0 Å². The molecule has 7 heteroatoms. The maximum atomic E-state index is 4.65. The average Bonchev–Trinajstić information content (AvgIpc) is 3.23. The molecule has 0 aliphatic carbocycles. The van der Waals surface area contributed by atoms with Crippen LogP contribution in [0.5, 0.6) is 0 Å². The maximum Gasteiger partial charge on any atom is 0.191 e. The van der Waals surface area contributed by atoms with E-state index >= 15 is 0 Å². The topological polar surface area (TPSA) is 39.7 Å². The van der Waals surface area contributed by atoms with Gasteiger partial charge >= 0.3 is 0 Å². The molecule has 4 nitrogen and oxygen atoms in total. The molecule has 0 bridgehead atoms. The Kier molecular flexibility index (Phi) is 8.51. The molecule has 0 unspecified atom stereocenters. The number of guanidine groups is 1. The second-order valence-corrected chi connectivity index (χ2v) is 7.43. The number of thiophene rings is 2. The van der Waals surface area contributed by atoms with Gasteiger partial charge < -0.3 is 10.6 Å². The zero-order valence-electron chi connectivity index (χ0n) is 14.0. The van der Waals surface area contributed by atoms with E-state index < -0.39 is 0 Å². The van der Waals surface area contributed by atoms with Crippen molar-refractivity contribution >= 4 is 52.6 Å². The number of nitrogens with one attached hydrogen (secondary N) is 2.